The van der Waals surface area contributed by atoms with Gasteiger partial charge in [0.2, 0.25) is 0 Å². The van der Waals surface area contributed by atoms with Crippen molar-refractivity contribution >= 4 is 28.3 Å². The molecule has 6 heteroatoms. The van der Waals surface area contributed by atoms with E-state index in [1.807, 2.05) is 53.4 Å². The number of aryl methyl sites for hydroxylation is 1. The van der Waals surface area contributed by atoms with E-state index < -0.39 is 0 Å². The summed E-state index contributed by atoms with van der Waals surface area (Å²) in [5.41, 5.74) is 3.33. The van der Waals surface area contributed by atoms with Gasteiger partial charge in [0.25, 0.3) is 5.91 Å². The molecule has 1 aromatic carbocycles. The van der Waals surface area contributed by atoms with Crippen LogP contribution in [0.1, 0.15) is 21.6 Å². The number of fused-ring (bicyclic) bond motifs is 1. The van der Waals surface area contributed by atoms with Crippen molar-refractivity contribution in [2.24, 2.45) is 4.99 Å². The molecule has 1 amide bonds. The highest BCUT2D eigenvalue weighted by Gasteiger charge is 2.12. The van der Waals surface area contributed by atoms with Crippen molar-refractivity contribution in [1.82, 2.24) is 14.5 Å². The maximum absolute atomic E-state index is 12.7. The zero-order chi connectivity index (χ0) is 17.2. The summed E-state index contributed by atoms with van der Waals surface area (Å²) >= 11 is 1.45. The van der Waals surface area contributed by atoms with Crippen LogP contribution in [0.25, 0.3) is 11.0 Å². The van der Waals surface area contributed by atoms with E-state index in [1.54, 1.807) is 6.20 Å². The Morgan fingerprint density at radius 2 is 2.08 bits per heavy atom. The van der Waals surface area contributed by atoms with Crippen molar-refractivity contribution in [2.45, 2.75) is 13.5 Å². The molecule has 0 saturated carbocycles. The Morgan fingerprint density at radius 3 is 2.92 bits per heavy atom. The van der Waals surface area contributed by atoms with Gasteiger partial charge in [-0.15, -0.1) is 11.3 Å². The highest BCUT2D eigenvalue weighted by atomic mass is 32.1. The average molecular weight is 348 g/mol. The minimum atomic E-state index is -0.263. The lowest BCUT2D eigenvalue weighted by molar-refractivity contribution is 0.0999. The van der Waals surface area contributed by atoms with E-state index in [0.717, 1.165) is 11.1 Å². The first-order valence-electron chi connectivity index (χ1n) is 7.92. The summed E-state index contributed by atoms with van der Waals surface area (Å²) in [6, 6.07) is 13.9. The Bertz CT molecular complexity index is 1110. The van der Waals surface area contributed by atoms with Crippen LogP contribution in [0, 0.1) is 6.92 Å². The summed E-state index contributed by atoms with van der Waals surface area (Å²) < 4.78 is 1.98. The Kier molecular flexibility index (Phi) is 4.03. The molecule has 0 radical (unpaired) electrons. The zero-order valence-electron chi connectivity index (χ0n) is 13.6. The van der Waals surface area contributed by atoms with Crippen LogP contribution in [-0.4, -0.2) is 20.4 Å². The maximum Gasteiger partial charge on any atom is 0.281 e. The lowest BCUT2D eigenvalue weighted by Gasteiger charge is -2.02. The molecule has 0 saturated heterocycles. The summed E-state index contributed by atoms with van der Waals surface area (Å²) in [4.78, 5) is 25.1. The van der Waals surface area contributed by atoms with Gasteiger partial charge in [-0.25, -0.2) is 4.98 Å². The van der Waals surface area contributed by atoms with E-state index in [4.69, 9.17) is 0 Å². The molecule has 0 unspecified atom stereocenters. The topological polar surface area (TPSA) is 63.0 Å². The summed E-state index contributed by atoms with van der Waals surface area (Å²) in [7, 11) is 0. The fourth-order valence-corrected chi connectivity index (χ4v) is 3.44. The summed E-state index contributed by atoms with van der Waals surface area (Å²) in [5.74, 6) is -0.263. The second-order valence-corrected chi connectivity index (χ2v) is 6.64. The van der Waals surface area contributed by atoms with Crippen LogP contribution in [0.4, 0.5) is 0 Å². The highest BCUT2D eigenvalue weighted by Crippen LogP contribution is 2.17. The molecule has 124 valence electrons. The van der Waals surface area contributed by atoms with Gasteiger partial charge in [0.1, 0.15) is 5.65 Å². The number of carbonyl (C=O) groups is 1. The first-order chi connectivity index (χ1) is 12.2. The predicted octanol–water partition coefficient (Wildman–Crippen LogP) is 3.52. The molecular formula is C19H16N4OS. The second-order valence-electron chi connectivity index (χ2n) is 5.77. The minimum absolute atomic E-state index is 0.263. The smallest absolute Gasteiger partial charge is 0.281 e. The number of nitrogens with one attached hydrogen (secondary N) is 1. The van der Waals surface area contributed by atoms with Crippen LogP contribution in [-0.2, 0) is 6.54 Å². The lowest BCUT2D eigenvalue weighted by Crippen LogP contribution is -2.17. The summed E-state index contributed by atoms with van der Waals surface area (Å²) in [6.45, 7) is 2.61. The molecule has 0 aliphatic rings. The Labute approximate surface area is 148 Å². The fourth-order valence-electron chi connectivity index (χ4n) is 2.71. The van der Waals surface area contributed by atoms with Crippen LogP contribution in [0.3, 0.4) is 0 Å². The van der Waals surface area contributed by atoms with E-state index in [2.05, 4.69) is 27.1 Å². The van der Waals surface area contributed by atoms with E-state index in [9.17, 15) is 4.79 Å². The number of aromatic amines is 1. The molecule has 0 bridgehead atoms. The van der Waals surface area contributed by atoms with Crippen molar-refractivity contribution in [1.29, 1.82) is 0 Å². The normalized spacial score (nSPS) is 12.0. The number of carbonyl (C=O) groups excluding carboxylic acids is 1. The van der Waals surface area contributed by atoms with Crippen LogP contribution in [0.5, 0.6) is 0 Å². The van der Waals surface area contributed by atoms with Crippen LogP contribution in [0.15, 0.2) is 65.2 Å². The Morgan fingerprint density at radius 1 is 1.24 bits per heavy atom. The van der Waals surface area contributed by atoms with Crippen LogP contribution in [0.2, 0.25) is 0 Å². The van der Waals surface area contributed by atoms with Gasteiger partial charge in [0, 0.05) is 35.4 Å². The first-order valence-corrected chi connectivity index (χ1v) is 8.80. The molecule has 3 aromatic heterocycles. The van der Waals surface area contributed by atoms with E-state index in [1.165, 1.54) is 16.9 Å². The largest absolute Gasteiger partial charge is 0.345 e. The molecule has 3 heterocycles. The van der Waals surface area contributed by atoms with E-state index >= 15 is 0 Å². The van der Waals surface area contributed by atoms with Gasteiger partial charge in [-0.3, -0.25) is 4.79 Å². The molecule has 4 rings (SSSR count). The monoisotopic (exact) mass is 348 g/mol. The summed E-state index contributed by atoms with van der Waals surface area (Å²) in [5, 5.41) is 2.74. The average Bonchev–Trinajstić information content (AvgIpc) is 3.22. The maximum atomic E-state index is 12.7. The third-order valence-corrected chi connectivity index (χ3v) is 4.76. The first kappa shape index (κ1) is 15.5. The second kappa shape index (κ2) is 6.49. The molecule has 4 aromatic rings. The molecule has 0 aliphatic carbocycles. The molecule has 0 atom stereocenters. The molecule has 0 fully saturated rings. The lowest BCUT2D eigenvalue weighted by atomic mass is 10.2. The van der Waals surface area contributed by atoms with Gasteiger partial charge in [0.05, 0.1) is 5.56 Å². The number of aromatic nitrogens is 3. The third-order valence-electron chi connectivity index (χ3n) is 3.96. The molecule has 0 spiro atoms. The highest BCUT2D eigenvalue weighted by molar-refractivity contribution is 7.07. The number of hydrogen-bond donors (Lipinski definition) is 1. The van der Waals surface area contributed by atoms with Crippen molar-refractivity contribution < 1.29 is 4.79 Å². The van der Waals surface area contributed by atoms with Crippen molar-refractivity contribution in [2.75, 3.05) is 0 Å². The van der Waals surface area contributed by atoms with Gasteiger partial charge >= 0.3 is 0 Å². The number of amides is 1. The van der Waals surface area contributed by atoms with Gasteiger partial charge in [-0.2, -0.15) is 4.99 Å². The van der Waals surface area contributed by atoms with Crippen LogP contribution < -0.4 is 4.80 Å². The number of nitrogens with zero attached hydrogens (tertiary/aromatic N) is 3. The minimum Gasteiger partial charge on any atom is -0.345 e. The number of rotatable bonds is 3. The van der Waals surface area contributed by atoms with E-state index in [0.29, 0.717) is 22.6 Å². The number of thiazole rings is 1. The molecule has 5 nitrogen and oxygen atoms in total. The SMILES string of the molecule is Cc1ccc2c(C(=O)/N=c3\sccn3Cc3ccccc3)c[nH]c2n1. The van der Waals surface area contributed by atoms with Gasteiger partial charge in [-0.05, 0) is 24.6 Å². The number of pyridine rings is 1. The third kappa shape index (κ3) is 3.16. The van der Waals surface area contributed by atoms with Crippen molar-refractivity contribution in [3.63, 3.8) is 0 Å². The predicted molar refractivity (Wildman–Crippen MR) is 98.6 cm³/mol. The number of H-pyrrole nitrogens is 1. The zero-order valence-corrected chi connectivity index (χ0v) is 14.5. The van der Waals surface area contributed by atoms with Crippen molar-refractivity contribution in [3.05, 3.63) is 81.9 Å². The Balaban J connectivity index is 1.69. The quantitative estimate of drug-likeness (QED) is 0.616. The molecular weight excluding hydrogens is 332 g/mol. The van der Waals surface area contributed by atoms with E-state index in [-0.39, 0.29) is 5.91 Å². The molecule has 25 heavy (non-hydrogen) atoms. The van der Waals surface area contributed by atoms with Gasteiger partial charge < -0.3 is 9.55 Å². The van der Waals surface area contributed by atoms with Crippen LogP contribution >= 0.6 is 11.3 Å². The fraction of sp³-hybridized carbons (Fsp3) is 0.105. The molecule has 1 N–H and O–H groups in total. The standard InChI is InChI=1S/C19H16N4OS/c1-13-7-8-15-16(11-20-17(15)21-13)18(24)22-19-23(9-10-25-19)12-14-5-3-2-4-6-14/h2-11H,12H2,1H3,(H,20,21)/b22-19-. The van der Waals surface area contributed by atoms with Gasteiger partial charge in [-0.1, -0.05) is 30.3 Å². The van der Waals surface area contributed by atoms with Gasteiger partial charge in [0.15, 0.2) is 4.80 Å². The number of hydrogen-bond acceptors (Lipinski definition) is 3. The molecule has 0 aliphatic heterocycles. The Hall–Kier alpha value is -2.99. The number of benzene rings is 1. The summed E-state index contributed by atoms with van der Waals surface area (Å²) in [6.07, 6.45) is 3.63. The van der Waals surface area contributed by atoms with Crippen molar-refractivity contribution in [3.8, 4) is 0 Å².